The lowest BCUT2D eigenvalue weighted by Gasteiger charge is -2.22. The van der Waals surface area contributed by atoms with Crippen molar-refractivity contribution in [2.75, 3.05) is 20.6 Å². The molecular weight excluding hydrogens is 311 g/mol. The number of nitrogens with zero attached hydrogens (tertiary/aromatic N) is 1. The number of hydrogen-bond donors (Lipinski definition) is 1. The first kappa shape index (κ1) is 15.9. The van der Waals surface area contributed by atoms with Crippen molar-refractivity contribution in [2.24, 2.45) is 0 Å². The van der Waals surface area contributed by atoms with Crippen LogP contribution in [0.5, 0.6) is 0 Å². The molecule has 0 bridgehead atoms. The number of nitrogens with one attached hydrogen (secondary N) is 1. The number of furan rings is 1. The lowest BCUT2D eigenvalue weighted by molar-refractivity contribution is 0.0939. The standard InChI is InChI=1S/C15H16Cl2N2O2/c1-19(2)13(14-4-3-5-21-14)9-18-15(20)10-6-11(16)8-12(17)7-10/h3-8,13H,9H2,1-2H3,(H,18,20). The van der Waals surface area contributed by atoms with Gasteiger partial charge in [-0.15, -0.1) is 0 Å². The molecule has 112 valence electrons. The molecule has 1 aromatic heterocycles. The summed E-state index contributed by atoms with van der Waals surface area (Å²) in [5.74, 6) is 0.572. The summed E-state index contributed by atoms with van der Waals surface area (Å²) < 4.78 is 5.40. The Morgan fingerprint density at radius 1 is 1.29 bits per heavy atom. The van der Waals surface area contributed by atoms with Crippen LogP contribution in [0.15, 0.2) is 41.0 Å². The number of benzene rings is 1. The Hall–Kier alpha value is -1.49. The Morgan fingerprint density at radius 2 is 1.95 bits per heavy atom. The average molecular weight is 327 g/mol. The van der Waals surface area contributed by atoms with Crippen LogP contribution in [-0.4, -0.2) is 31.4 Å². The quantitative estimate of drug-likeness (QED) is 0.912. The van der Waals surface area contributed by atoms with Gasteiger partial charge in [-0.05, 0) is 44.4 Å². The van der Waals surface area contributed by atoms with Crippen LogP contribution in [0.25, 0.3) is 0 Å². The molecule has 0 fully saturated rings. The third-order valence-electron chi connectivity index (χ3n) is 3.08. The third kappa shape index (κ3) is 4.24. The predicted molar refractivity (Wildman–Crippen MR) is 83.9 cm³/mol. The fourth-order valence-corrected chi connectivity index (χ4v) is 2.52. The van der Waals surface area contributed by atoms with E-state index in [1.807, 2.05) is 31.1 Å². The summed E-state index contributed by atoms with van der Waals surface area (Å²) in [6.45, 7) is 0.420. The molecule has 1 heterocycles. The topological polar surface area (TPSA) is 45.5 Å². The zero-order valence-electron chi connectivity index (χ0n) is 11.8. The average Bonchev–Trinajstić information content (AvgIpc) is 2.91. The molecule has 1 atom stereocenters. The third-order valence-corrected chi connectivity index (χ3v) is 3.51. The van der Waals surface area contributed by atoms with E-state index in [1.165, 1.54) is 0 Å². The molecule has 0 aliphatic heterocycles. The van der Waals surface area contributed by atoms with Crippen molar-refractivity contribution in [3.63, 3.8) is 0 Å². The van der Waals surface area contributed by atoms with Gasteiger partial charge in [0, 0.05) is 22.2 Å². The fourth-order valence-electron chi connectivity index (χ4n) is 1.99. The van der Waals surface area contributed by atoms with E-state index in [0.717, 1.165) is 5.76 Å². The van der Waals surface area contributed by atoms with Gasteiger partial charge in [-0.25, -0.2) is 0 Å². The number of hydrogen-bond acceptors (Lipinski definition) is 3. The van der Waals surface area contributed by atoms with E-state index in [1.54, 1.807) is 24.5 Å². The van der Waals surface area contributed by atoms with Gasteiger partial charge in [0.2, 0.25) is 0 Å². The zero-order chi connectivity index (χ0) is 15.4. The summed E-state index contributed by atoms with van der Waals surface area (Å²) in [4.78, 5) is 14.1. The molecule has 0 aliphatic carbocycles. The molecular formula is C15H16Cl2N2O2. The minimum atomic E-state index is -0.224. The SMILES string of the molecule is CN(C)C(CNC(=O)c1cc(Cl)cc(Cl)c1)c1ccco1. The Bertz CT molecular complexity index is 592. The zero-order valence-corrected chi connectivity index (χ0v) is 13.3. The Balaban J connectivity index is 2.05. The van der Waals surface area contributed by atoms with Crippen molar-refractivity contribution in [1.82, 2.24) is 10.2 Å². The molecule has 6 heteroatoms. The second-order valence-corrected chi connectivity index (χ2v) is 5.74. The summed E-state index contributed by atoms with van der Waals surface area (Å²) in [5, 5.41) is 3.73. The molecule has 1 N–H and O–H groups in total. The number of carbonyl (C=O) groups is 1. The van der Waals surface area contributed by atoms with Crippen LogP contribution in [0.1, 0.15) is 22.2 Å². The van der Waals surface area contributed by atoms with Crippen molar-refractivity contribution < 1.29 is 9.21 Å². The number of carbonyl (C=O) groups excluding carboxylic acids is 1. The lowest BCUT2D eigenvalue weighted by atomic mass is 10.1. The smallest absolute Gasteiger partial charge is 0.251 e. The van der Waals surface area contributed by atoms with Crippen LogP contribution in [0, 0.1) is 0 Å². The highest BCUT2D eigenvalue weighted by molar-refractivity contribution is 6.35. The summed E-state index contributed by atoms with van der Waals surface area (Å²) >= 11 is 11.8. The van der Waals surface area contributed by atoms with Gasteiger partial charge in [-0.3, -0.25) is 9.69 Å². The second kappa shape index (κ2) is 6.98. The minimum Gasteiger partial charge on any atom is -0.468 e. The highest BCUT2D eigenvalue weighted by Gasteiger charge is 2.18. The van der Waals surface area contributed by atoms with Gasteiger partial charge >= 0.3 is 0 Å². The molecule has 1 amide bonds. The summed E-state index contributed by atoms with van der Waals surface area (Å²) in [7, 11) is 3.85. The molecule has 21 heavy (non-hydrogen) atoms. The van der Waals surface area contributed by atoms with Crippen LogP contribution in [-0.2, 0) is 0 Å². The highest BCUT2D eigenvalue weighted by atomic mass is 35.5. The molecule has 0 saturated heterocycles. The maximum Gasteiger partial charge on any atom is 0.251 e. The molecule has 0 aliphatic rings. The van der Waals surface area contributed by atoms with Gasteiger partial charge in [-0.1, -0.05) is 23.2 Å². The highest BCUT2D eigenvalue weighted by Crippen LogP contribution is 2.20. The molecule has 0 radical (unpaired) electrons. The number of amides is 1. The maximum atomic E-state index is 12.2. The van der Waals surface area contributed by atoms with E-state index >= 15 is 0 Å². The fraction of sp³-hybridized carbons (Fsp3) is 0.267. The first-order valence-corrected chi connectivity index (χ1v) is 7.17. The number of halogens is 2. The van der Waals surface area contributed by atoms with E-state index in [9.17, 15) is 4.79 Å². The van der Waals surface area contributed by atoms with Crippen molar-refractivity contribution in [1.29, 1.82) is 0 Å². The normalized spacial score (nSPS) is 12.4. The van der Waals surface area contributed by atoms with Gasteiger partial charge in [0.25, 0.3) is 5.91 Å². The van der Waals surface area contributed by atoms with E-state index in [4.69, 9.17) is 27.6 Å². The van der Waals surface area contributed by atoms with Gasteiger partial charge < -0.3 is 9.73 Å². The Morgan fingerprint density at radius 3 is 2.48 bits per heavy atom. The summed E-state index contributed by atoms with van der Waals surface area (Å²) in [5.41, 5.74) is 0.435. The second-order valence-electron chi connectivity index (χ2n) is 4.86. The van der Waals surface area contributed by atoms with Crippen LogP contribution in [0.2, 0.25) is 10.0 Å². The van der Waals surface area contributed by atoms with E-state index in [2.05, 4.69) is 5.32 Å². The molecule has 2 rings (SSSR count). The Labute approximate surface area is 133 Å². The summed E-state index contributed by atoms with van der Waals surface area (Å²) in [6, 6.07) is 8.42. The van der Waals surface area contributed by atoms with Crippen LogP contribution in [0.3, 0.4) is 0 Å². The van der Waals surface area contributed by atoms with Crippen molar-refractivity contribution >= 4 is 29.1 Å². The van der Waals surface area contributed by atoms with Crippen molar-refractivity contribution in [3.05, 3.63) is 58.0 Å². The van der Waals surface area contributed by atoms with E-state index < -0.39 is 0 Å². The first-order chi connectivity index (χ1) is 9.97. The molecule has 1 unspecified atom stereocenters. The van der Waals surface area contributed by atoms with E-state index in [0.29, 0.717) is 22.2 Å². The largest absolute Gasteiger partial charge is 0.468 e. The molecule has 0 spiro atoms. The van der Waals surface area contributed by atoms with Gasteiger partial charge in [0.15, 0.2) is 0 Å². The maximum absolute atomic E-state index is 12.2. The van der Waals surface area contributed by atoms with Crippen molar-refractivity contribution in [3.8, 4) is 0 Å². The molecule has 2 aromatic rings. The van der Waals surface area contributed by atoms with Crippen molar-refractivity contribution in [2.45, 2.75) is 6.04 Å². The van der Waals surface area contributed by atoms with Crippen LogP contribution >= 0.6 is 23.2 Å². The van der Waals surface area contributed by atoms with Crippen LogP contribution < -0.4 is 5.32 Å². The van der Waals surface area contributed by atoms with Gasteiger partial charge in [-0.2, -0.15) is 0 Å². The first-order valence-electron chi connectivity index (χ1n) is 6.41. The molecule has 4 nitrogen and oxygen atoms in total. The lowest BCUT2D eigenvalue weighted by Crippen LogP contribution is -2.34. The monoisotopic (exact) mass is 326 g/mol. The van der Waals surface area contributed by atoms with Gasteiger partial charge in [0.05, 0.1) is 12.3 Å². The van der Waals surface area contributed by atoms with E-state index in [-0.39, 0.29) is 11.9 Å². The van der Waals surface area contributed by atoms with Crippen LogP contribution in [0.4, 0.5) is 0 Å². The van der Waals surface area contributed by atoms with Gasteiger partial charge in [0.1, 0.15) is 5.76 Å². The minimum absolute atomic E-state index is 0.0430. The summed E-state index contributed by atoms with van der Waals surface area (Å²) in [6.07, 6.45) is 1.62. The molecule has 1 aromatic carbocycles. The number of likely N-dealkylation sites (N-methyl/N-ethyl adjacent to an activating group) is 1. The molecule has 0 saturated carbocycles. The predicted octanol–water partition coefficient (Wildman–Crippen LogP) is 3.62. The Kier molecular flexibility index (Phi) is 5.28. The number of rotatable bonds is 5.